The van der Waals surface area contributed by atoms with E-state index in [0.717, 1.165) is 122 Å². The molecule has 0 spiro atoms. The van der Waals surface area contributed by atoms with Gasteiger partial charge >= 0.3 is 17.9 Å². The van der Waals surface area contributed by atoms with Crippen molar-refractivity contribution in [3.8, 4) is 0 Å². The first-order valence-corrected chi connectivity index (χ1v) is 27.7. The molecule has 0 heterocycles. The molecule has 6 nitrogen and oxygen atoms in total. The summed E-state index contributed by atoms with van der Waals surface area (Å²) in [6.45, 7) is 6.35. The summed E-state index contributed by atoms with van der Waals surface area (Å²) >= 11 is 0. The fourth-order valence-corrected chi connectivity index (χ4v) is 7.48. The Labute approximate surface area is 413 Å². The predicted octanol–water partition coefficient (Wildman–Crippen LogP) is 18.5. The molecule has 0 aromatic carbocycles. The maximum atomic E-state index is 12.8. The van der Waals surface area contributed by atoms with E-state index in [0.29, 0.717) is 19.3 Å². The highest BCUT2D eigenvalue weighted by atomic mass is 16.6. The number of ether oxygens (including phenoxy) is 3. The monoisotopic (exact) mass is 931 g/mol. The first kappa shape index (κ1) is 63.3. The van der Waals surface area contributed by atoms with E-state index in [9.17, 15) is 14.4 Å². The minimum atomic E-state index is -0.788. The van der Waals surface area contributed by atoms with Gasteiger partial charge in [-0.25, -0.2) is 0 Å². The smallest absolute Gasteiger partial charge is 0.306 e. The predicted molar refractivity (Wildman–Crippen MR) is 288 cm³/mol. The van der Waals surface area contributed by atoms with E-state index in [1.807, 2.05) is 0 Å². The summed E-state index contributed by atoms with van der Waals surface area (Å²) in [7, 11) is 0. The Bertz CT molecular complexity index is 1350. The van der Waals surface area contributed by atoms with Crippen molar-refractivity contribution in [2.24, 2.45) is 0 Å². The van der Waals surface area contributed by atoms with Crippen LogP contribution in [0.1, 0.15) is 252 Å². The summed E-state index contributed by atoms with van der Waals surface area (Å²) in [5.41, 5.74) is 0. The van der Waals surface area contributed by atoms with Gasteiger partial charge in [0, 0.05) is 19.3 Å². The number of allylic oxidation sites excluding steroid dienone is 16. The summed E-state index contributed by atoms with van der Waals surface area (Å²) in [5, 5.41) is 0. The first-order chi connectivity index (χ1) is 33.0. The highest BCUT2D eigenvalue weighted by Gasteiger charge is 2.19. The summed E-state index contributed by atoms with van der Waals surface area (Å²) in [4.78, 5) is 37.9. The first-order valence-electron chi connectivity index (χ1n) is 27.7. The molecule has 0 aliphatic rings. The Morgan fingerprint density at radius 1 is 0.313 bits per heavy atom. The lowest BCUT2D eigenvalue weighted by Gasteiger charge is -2.18. The Morgan fingerprint density at radius 3 is 0.910 bits per heavy atom. The Balaban J connectivity index is 4.21. The van der Waals surface area contributed by atoms with Crippen LogP contribution in [-0.4, -0.2) is 37.2 Å². The Hall–Kier alpha value is -3.67. The van der Waals surface area contributed by atoms with Crippen LogP contribution in [0.3, 0.4) is 0 Å². The molecule has 0 aliphatic heterocycles. The van der Waals surface area contributed by atoms with Crippen LogP contribution in [-0.2, 0) is 28.6 Å². The van der Waals surface area contributed by atoms with Gasteiger partial charge < -0.3 is 14.2 Å². The van der Waals surface area contributed by atoms with E-state index >= 15 is 0 Å². The van der Waals surface area contributed by atoms with Crippen molar-refractivity contribution < 1.29 is 28.6 Å². The molecular formula is C61H102O6. The number of esters is 3. The van der Waals surface area contributed by atoms with E-state index < -0.39 is 6.10 Å². The van der Waals surface area contributed by atoms with Crippen LogP contribution >= 0.6 is 0 Å². The highest BCUT2D eigenvalue weighted by molar-refractivity contribution is 5.71. The topological polar surface area (TPSA) is 78.9 Å². The van der Waals surface area contributed by atoms with Crippen LogP contribution in [0.5, 0.6) is 0 Å². The van der Waals surface area contributed by atoms with Gasteiger partial charge in [0.1, 0.15) is 13.2 Å². The third-order valence-corrected chi connectivity index (χ3v) is 11.6. The molecule has 0 saturated heterocycles. The molecule has 0 radical (unpaired) electrons. The van der Waals surface area contributed by atoms with E-state index in [1.165, 1.54) is 89.9 Å². The van der Waals surface area contributed by atoms with Gasteiger partial charge in [-0.15, -0.1) is 0 Å². The van der Waals surface area contributed by atoms with Gasteiger partial charge in [-0.2, -0.15) is 0 Å². The third kappa shape index (κ3) is 53.2. The number of rotatable bonds is 49. The number of unbranched alkanes of at least 4 members (excludes halogenated alkanes) is 22. The lowest BCUT2D eigenvalue weighted by Crippen LogP contribution is -2.30. The van der Waals surface area contributed by atoms with E-state index in [-0.39, 0.29) is 31.1 Å². The van der Waals surface area contributed by atoms with E-state index in [2.05, 4.69) is 118 Å². The van der Waals surface area contributed by atoms with Crippen molar-refractivity contribution in [2.75, 3.05) is 13.2 Å². The number of hydrogen-bond acceptors (Lipinski definition) is 6. The van der Waals surface area contributed by atoms with Crippen LogP contribution in [0.25, 0.3) is 0 Å². The molecule has 6 heteroatoms. The molecule has 0 saturated carbocycles. The number of carbonyl (C=O) groups is 3. The average Bonchev–Trinajstić information content (AvgIpc) is 3.33. The van der Waals surface area contributed by atoms with E-state index in [4.69, 9.17) is 14.2 Å². The number of carbonyl (C=O) groups excluding carboxylic acids is 3. The summed E-state index contributed by atoms with van der Waals surface area (Å²) in [5.74, 6) is -0.919. The van der Waals surface area contributed by atoms with Crippen molar-refractivity contribution in [1.29, 1.82) is 0 Å². The SMILES string of the molecule is CC/C=C\C/C=C\C/C=C\C/C=C\CCCCCCCCCCCCCCC(=O)OCC(COC(=O)CCCCCCCCC)OC(=O)CCCCCC/C=C\C/C=C\C/C=C\C/C=C\CC. The molecule has 0 rings (SSSR count). The second kappa shape index (κ2) is 54.9. The molecule has 382 valence electrons. The molecule has 0 aromatic heterocycles. The highest BCUT2D eigenvalue weighted by Crippen LogP contribution is 2.15. The lowest BCUT2D eigenvalue weighted by atomic mass is 10.0. The van der Waals surface area contributed by atoms with Gasteiger partial charge in [0.2, 0.25) is 0 Å². The molecule has 0 fully saturated rings. The normalized spacial score (nSPS) is 12.8. The summed E-state index contributed by atoms with van der Waals surface area (Å²) in [6, 6.07) is 0. The molecule has 0 N–H and O–H groups in total. The van der Waals surface area contributed by atoms with Gasteiger partial charge in [0.05, 0.1) is 0 Å². The zero-order valence-electron chi connectivity index (χ0n) is 43.6. The Kier molecular flexibility index (Phi) is 51.9. The zero-order chi connectivity index (χ0) is 48.6. The molecule has 1 atom stereocenters. The van der Waals surface area contributed by atoms with E-state index in [1.54, 1.807) is 0 Å². The average molecular weight is 931 g/mol. The minimum Gasteiger partial charge on any atom is -0.462 e. The van der Waals surface area contributed by atoms with Crippen molar-refractivity contribution in [3.63, 3.8) is 0 Å². The third-order valence-electron chi connectivity index (χ3n) is 11.6. The van der Waals surface area contributed by atoms with Crippen molar-refractivity contribution in [2.45, 2.75) is 258 Å². The van der Waals surface area contributed by atoms with Gasteiger partial charge in [-0.1, -0.05) is 234 Å². The Morgan fingerprint density at radius 2 is 0.582 bits per heavy atom. The summed E-state index contributed by atoms with van der Waals surface area (Å²) < 4.78 is 16.7. The number of hydrogen-bond donors (Lipinski definition) is 0. The molecule has 0 aliphatic carbocycles. The van der Waals surface area contributed by atoms with Crippen molar-refractivity contribution in [3.05, 3.63) is 97.2 Å². The standard InChI is InChI=1S/C61H102O6/c1-4-7-10-13-16-18-20-22-24-26-27-28-29-30-31-32-33-35-36-38-40-42-45-48-51-54-60(63)66-57-58(56-65-59(62)53-50-47-44-15-12-9-6-3)67-61(64)55-52-49-46-43-41-39-37-34-25-23-21-19-17-14-11-8-5-2/h7-8,10-11,16-19,22-25,27-28,37,39,58H,4-6,9,12-15,20-21,26,29-36,38,40-57H2,1-3H3/b10-7-,11-8-,18-16-,19-17-,24-22-,25-23-,28-27-,39-37-. The maximum Gasteiger partial charge on any atom is 0.306 e. The van der Waals surface area contributed by atoms with Crippen LogP contribution in [0.4, 0.5) is 0 Å². The summed E-state index contributed by atoms with van der Waals surface area (Å²) in [6.07, 6.45) is 72.8. The molecule has 0 aromatic rings. The molecular weight excluding hydrogens is 829 g/mol. The second-order valence-electron chi connectivity index (χ2n) is 18.1. The van der Waals surface area contributed by atoms with Gasteiger partial charge in [0.25, 0.3) is 0 Å². The largest absolute Gasteiger partial charge is 0.462 e. The van der Waals surface area contributed by atoms with Gasteiger partial charge in [0.15, 0.2) is 6.10 Å². The molecule has 0 amide bonds. The fourth-order valence-electron chi connectivity index (χ4n) is 7.48. The van der Waals surface area contributed by atoms with Crippen LogP contribution < -0.4 is 0 Å². The second-order valence-corrected chi connectivity index (χ2v) is 18.1. The molecule has 1 unspecified atom stereocenters. The van der Waals surface area contributed by atoms with Gasteiger partial charge in [-0.05, 0) is 96.3 Å². The lowest BCUT2D eigenvalue weighted by molar-refractivity contribution is -0.167. The minimum absolute atomic E-state index is 0.0874. The molecule has 0 bridgehead atoms. The fraction of sp³-hybridized carbons (Fsp3) is 0.689. The molecule has 67 heavy (non-hydrogen) atoms. The zero-order valence-corrected chi connectivity index (χ0v) is 43.6. The maximum absolute atomic E-state index is 12.8. The van der Waals surface area contributed by atoms with Crippen LogP contribution in [0, 0.1) is 0 Å². The van der Waals surface area contributed by atoms with Crippen molar-refractivity contribution in [1.82, 2.24) is 0 Å². The quantitative estimate of drug-likeness (QED) is 0.0262. The van der Waals surface area contributed by atoms with Crippen LogP contribution in [0.15, 0.2) is 97.2 Å². The van der Waals surface area contributed by atoms with Gasteiger partial charge in [-0.3, -0.25) is 14.4 Å². The van der Waals surface area contributed by atoms with Crippen LogP contribution in [0.2, 0.25) is 0 Å². The van der Waals surface area contributed by atoms with Crippen molar-refractivity contribution >= 4 is 17.9 Å².